The Balaban J connectivity index is 1.81. The van der Waals surface area contributed by atoms with Crippen molar-refractivity contribution in [3.05, 3.63) is 52.0 Å². The van der Waals surface area contributed by atoms with Crippen molar-refractivity contribution >= 4 is 51.7 Å². The van der Waals surface area contributed by atoms with E-state index >= 15 is 0 Å². The molecule has 0 aliphatic heterocycles. The minimum atomic E-state index is -0.585. The number of nitrogens with zero attached hydrogens (tertiary/aromatic N) is 3. The molecule has 2 heterocycles. The number of aryl methyl sites for hydroxylation is 1. The lowest BCUT2D eigenvalue weighted by Gasteiger charge is -2.05. The van der Waals surface area contributed by atoms with Crippen molar-refractivity contribution in [1.29, 1.82) is 0 Å². The Bertz CT molecular complexity index is 968. The van der Waals surface area contributed by atoms with Gasteiger partial charge in [0.15, 0.2) is 10.3 Å². The van der Waals surface area contributed by atoms with Crippen LogP contribution in [0, 0.1) is 6.92 Å². The van der Waals surface area contributed by atoms with Crippen molar-refractivity contribution in [2.45, 2.75) is 6.92 Å². The first-order valence-electron chi connectivity index (χ1n) is 6.77. The summed E-state index contributed by atoms with van der Waals surface area (Å²) < 4.78 is 5.49. The minimum absolute atomic E-state index is 0.0424. The molecule has 0 saturated heterocycles. The lowest BCUT2D eigenvalue weighted by atomic mass is 10.2. The molecule has 7 nitrogen and oxygen atoms in total. The van der Waals surface area contributed by atoms with Gasteiger partial charge in [-0.3, -0.25) is 10.1 Å². The molecule has 1 aromatic carbocycles. The maximum Gasteiger partial charge on any atom is 0.261 e. The molecule has 3 aromatic rings. The number of amides is 1. The van der Waals surface area contributed by atoms with Gasteiger partial charge in [0.05, 0.1) is 11.3 Å². The number of carbonyl (C=O) groups is 1. The Labute approximate surface area is 146 Å². The second-order valence-electron chi connectivity index (χ2n) is 4.90. The van der Waals surface area contributed by atoms with Crippen LogP contribution >= 0.6 is 23.2 Å². The fourth-order valence-corrected chi connectivity index (χ4v) is 2.42. The summed E-state index contributed by atoms with van der Waals surface area (Å²) in [6.45, 7) is 1.86. The molecule has 0 unspecified atom stereocenters. The van der Waals surface area contributed by atoms with Crippen molar-refractivity contribution in [3.8, 4) is 0 Å². The fourth-order valence-electron chi connectivity index (χ4n) is 2.10. The SMILES string of the molecule is Cc1cc2cc(N=C(N)NC(=O)c3cc(Cl)nnc3Cl)ccc2o1. The summed E-state index contributed by atoms with van der Waals surface area (Å²) in [7, 11) is 0. The Kier molecular flexibility index (Phi) is 4.37. The molecule has 24 heavy (non-hydrogen) atoms. The lowest BCUT2D eigenvalue weighted by Crippen LogP contribution is -2.36. The molecule has 1 amide bonds. The van der Waals surface area contributed by atoms with E-state index in [-0.39, 0.29) is 21.8 Å². The van der Waals surface area contributed by atoms with E-state index in [1.54, 1.807) is 18.2 Å². The maximum atomic E-state index is 12.1. The first kappa shape index (κ1) is 16.2. The summed E-state index contributed by atoms with van der Waals surface area (Å²) in [5.41, 5.74) is 7.13. The number of furan rings is 1. The highest BCUT2D eigenvalue weighted by Gasteiger charge is 2.14. The van der Waals surface area contributed by atoms with Crippen LogP contribution in [0.3, 0.4) is 0 Å². The number of fused-ring (bicyclic) bond motifs is 1. The summed E-state index contributed by atoms with van der Waals surface area (Å²) >= 11 is 11.5. The van der Waals surface area contributed by atoms with E-state index < -0.39 is 5.91 Å². The van der Waals surface area contributed by atoms with Crippen LogP contribution in [0.5, 0.6) is 0 Å². The summed E-state index contributed by atoms with van der Waals surface area (Å²) in [6.07, 6.45) is 0. The molecule has 0 aliphatic carbocycles. The number of benzene rings is 1. The number of aromatic nitrogens is 2. The molecule has 3 rings (SSSR count). The predicted octanol–water partition coefficient (Wildman–Crippen LogP) is 3.21. The van der Waals surface area contributed by atoms with E-state index in [2.05, 4.69) is 20.5 Å². The monoisotopic (exact) mass is 363 g/mol. The molecule has 0 bridgehead atoms. The first-order chi connectivity index (χ1) is 11.4. The second-order valence-corrected chi connectivity index (χ2v) is 5.65. The Morgan fingerprint density at radius 2 is 2.04 bits per heavy atom. The number of halogens is 2. The van der Waals surface area contributed by atoms with Gasteiger partial charge in [-0.05, 0) is 37.3 Å². The van der Waals surface area contributed by atoms with Crippen LogP contribution in [-0.4, -0.2) is 22.1 Å². The zero-order chi connectivity index (χ0) is 17.3. The lowest BCUT2D eigenvalue weighted by molar-refractivity contribution is 0.0976. The Morgan fingerprint density at radius 3 is 2.83 bits per heavy atom. The van der Waals surface area contributed by atoms with Crippen LogP contribution in [0.1, 0.15) is 16.1 Å². The molecule has 0 radical (unpaired) electrons. The van der Waals surface area contributed by atoms with Crippen LogP contribution in [0.4, 0.5) is 5.69 Å². The van der Waals surface area contributed by atoms with Crippen LogP contribution in [0.15, 0.2) is 39.7 Å². The van der Waals surface area contributed by atoms with E-state index in [0.29, 0.717) is 5.69 Å². The molecule has 2 aromatic heterocycles. The number of carbonyl (C=O) groups excluding carboxylic acids is 1. The van der Waals surface area contributed by atoms with Gasteiger partial charge in [-0.1, -0.05) is 23.2 Å². The summed E-state index contributed by atoms with van der Waals surface area (Å²) in [6, 6.07) is 8.47. The normalized spacial score (nSPS) is 11.7. The highest BCUT2D eigenvalue weighted by atomic mass is 35.5. The van der Waals surface area contributed by atoms with Crippen molar-refractivity contribution in [2.24, 2.45) is 10.7 Å². The van der Waals surface area contributed by atoms with Crippen molar-refractivity contribution in [3.63, 3.8) is 0 Å². The molecule has 0 spiro atoms. The van der Waals surface area contributed by atoms with Crippen molar-refractivity contribution < 1.29 is 9.21 Å². The average molecular weight is 364 g/mol. The highest BCUT2D eigenvalue weighted by molar-refractivity contribution is 6.34. The van der Waals surface area contributed by atoms with Gasteiger partial charge in [0, 0.05) is 5.39 Å². The largest absolute Gasteiger partial charge is 0.461 e. The van der Waals surface area contributed by atoms with Gasteiger partial charge >= 0.3 is 0 Å². The molecule has 0 saturated carbocycles. The van der Waals surface area contributed by atoms with Gasteiger partial charge < -0.3 is 10.2 Å². The topological polar surface area (TPSA) is 106 Å². The molecular weight excluding hydrogens is 353 g/mol. The molecule has 0 fully saturated rings. The van der Waals surface area contributed by atoms with Crippen LogP contribution in [-0.2, 0) is 0 Å². The predicted molar refractivity (Wildman–Crippen MR) is 91.8 cm³/mol. The van der Waals surface area contributed by atoms with Crippen molar-refractivity contribution in [1.82, 2.24) is 15.5 Å². The number of nitrogens with two attached hydrogens (primary N) is 1. The van der Waals surface area contributed by atoms with Gasteiger partial charge in [0.1, 0.15) is 11.3 Å². The smallest absolute Gasteiger partial charge is 0.261 e. The molecule has 3 N–H and O–H groups in total. The third kappa shape index (κ3) is 3.47. The van der Waals surface area contributed by atoms with Crippen molar-refractivity contribution in [2.75, 3.05) is 0 Å². The Hall–Kier alpha value is -2.64. The minimum Gasteiger partial charge on any atom is -0.461 e. The van der Waals surface area contributed by atoms with E-state index in [1.807, 2.05) is 13.0 Å². The highest BCUT2D eigenvalue weighted by Crippen LogP contribution is 2.24. The van der Waals surface area contributed by atoms with Gasteiger partial charge in [-0.25, -0.2) is 4.99 Å². The molecule has 9 heteroatoms. The third-order valence-electron chi connectivity index (χ3n) is 3.08. The quantitative estimate of drug-likeness (QED) is 0.536. The summed E-state index contributed by atoms with van der Waals surface area (Å²) in [5, 5.41) is 10.4. The first-order valence-corrected chi connectivity index (χ1v) is 7.52. The number of rotatable bonds is 2. The number of aliphatic imine (C=N–C) groups is 1. The Morgan fingerprint density at radius 1 is 1.25 bits per heavy atom. The molecule has 0 atom stereocenters. The second kappa shape index (κ2) is 6.46. The summed E-state index contributed by atoms with van der Waals surface area (Å²) in [5.74, 6) is 0.117. The van der Waals surface area contributed by atoms with Crippen LogP contribution in [0.25, 0.3) is 11.0 Å². The number of nitrogens with one attached hydrogen (secondary N) is 1. The van der Waals surface area contributed by atoms with Gasteiger partial charge in [0.25, 0.3) is 5.91 Å². The zero-order valence-corrected chi connectivity index (χ0v) is 13.9. The molecule has 122 valence electrons. The molecular formula is C15H11Cl2N5O2. The summed E-state index contributed by atoms with van der Waals surface area (Å²) in [4.78, 5) is 16.3. The van der Waals surface area contributed by atoms with E-state index in [0.717, 1.165) is 16.7 Å². The molecule has 0 aliphatic rings. The zero-order valence-electron chi connectivity index (χ0n) is 12.4. The number of hydrogen-bond donors (Lipinski definition) is 2. The van der Waals surface area contributed by atoms with E-state index in [9.17, 15) is 4.79 Å². The van der Waals surface area contributed by atoms with Gasteiger partial charge in [0.2, 0.25) is 5.96 Å². The third-order valence-corrected chi connectivity index (χ3v) is 3.54. The van der Waals surface area contributed by atoms with E-state index in [1.165, 1.54) is 6.07 Å². The van der Waals surface area contributed by atoms with E-state index in [4.69, 9.17) is 33.4 Å². The van der Waals surface area contributed by atoms with Gasteiger partial charge in [-0.15, -0.1) is 10.2 Å². The number of guanidine groups is 1. The van der Waals surface area contributed by atoms with Gasteiger partial charge in [-0.2, -0.15) is 0 Å². The standard InChI is InChI=1S/C15H11Cl2N5O2/c1-7-4-8-5-9(2-3-11(8)24-7)19-15(18)20-14(23)10-6-12(16)21-22-13(10)17/h2-6H,1H3,(H3,18,19,20,23). The maximum absolute atomic E-state index is 12.1. The van der Waals surface area contributed by atoms with Crippen LogP contribution < -0.4 is 11.1 Å². The van der Waals surface area contributed by atoms with Crippen LogP contribution in [0.2, 0.25) is 10.3 Å². The number of hydrogen-bond acceptors (Lipinski definition) is 5. The average Bonchev–Trinajstić information content (AvgIpc) is 2.88. The fraction of sp³-hybridized carbons (Fsp3) is 0.0667.